The first-order valence-corrected chi connectivity index (χ1v) is 10.7. The number of nitrogens with zero attached hydrogens (tertiary/aromatic N) is 3. The molecule has 0 atom stereocenters. The molecule has 0 bridgehead atoms. The van der Waals surface area contributed by atoms with Gasteiger partial charge in [0.1, 0.15) is 16.5 Å². The van der Waals surface area contributed by atoms with Crippen molar-refractivity contribution in [2.75, 3.05) is 5.32 Å². The highest BCUT2D eigenvalue weighted by Gasteiger charge is 2.21. The Morgan fingerprint density at radius 2 is 1.79 bits per heavy atom. The molecule has 0 amide bonds. The van der Waals surface area contributed by atoms with E-state index in [1.807, 2.05) is 29.7 Å². The van der Waals surface area contributed by atoms with Crippen LogP contribution in [0.3, 0.4) is 0 Å². The van der Waals surface area contributed by atoms with Gasteiger partial charge in [-0.05, 0) is 48.4 Å². The molecule has 140 valence electrons. The van der Waals surface area contributed by atoms with E-state index in [9.17, 15) is 0 Å². The topological polar surface area (TPSA) is 50.7 Å². The molecule has 0 fully saturated rings. The SMILES string of the molecule is c1ccc(Cc2nc(NCc3cccnc3)c3c4c(sc3n2)CCCC4)cc1. The highest BCUT2D eigenvalue weighted by molar-refractivity contribution is 7.19. The van der Waals surface area contributed by atoms with E-state index in [4.69, 9.17) is 9.97 Å². The van der Waals surface area contributed by atoms with E-state index in [1.165, 1.54) is 40.7 Å². The standard InChI is InChI=1S/C23H22N4S/c1-2-7-16(8-3-1)13-20-26-22(25-15-17-9-6-12-24-14-17)21-18-10-4-5-11-19(18)28-23(21)27-20/h1-3,6-9,12,14H,4-5,10-11,13,15H2,(H,25,26,27). The van der Waals surface area contributed by atoms with Crippen LogP contribution in [0.5, 0.6) is 0 Å². The maximum atomic E-state index is 4.96. The monoisotopic (exact) mass is 386 g/mol. The van der Waals surface area contributed by atoms with Gasteiger partial charge in [0.15, 0.2) is 0 Å². The number of anilines is 1. The summed E-state index contributed by atoms with van der Waals surface area (Å²) >= 11 is 1.86. The van der Waals surface area contributed by atoms with Crippen molar-refractivity contribution in [2.45, 2.75) is 38.6 Å². The maximum absolute atomic E-state index is 4.96. The number of thiophene rings is 1. The molecule has 5 heteroatoms. The summed E-state index contributed by atoms with van der Waals surface area (Å²) in [4.78, 5) is 16.7. The fourth-order valence-corrected chi connectivity index (χ4v) is 5.16. The number of nitrogens with one attached hydrogen (secondary N) is 1. The summed E-state index contributed by atoms with van der Waals surface area (Å²) in [7, 11) is 0. The van der Waals surface area contributed by atoms with Gasteiger partial charge in [0.05, 0.1) is 5.39 Å². The van der Waals surface area contributed by atoms with E-state index in [2.05, 4.69) is 40.6 Å². The Balaban J connectivity index is 1.55. The third kappa shape index (κ3) is 3.50. The minimum absolute atomic E-state index is 0.718. The zero-order chi connectivity index (χ0) is 18.8. The molecular weight excluding hydrogens is 364 g/mol. The van der Waals surface area contributed by atoms with Crippen molar-refractivity contribution in [2.24, 2.45) is 0 Å². The van der Waals surface area contributed by atoms with Gasteiger partial charge in [0.25, 0.3) is 0 Å². The maximum Gasteiger partial charge on any atom is 0.139 e. The Bertz CT molecular complexity index is 1090. The molecule has 1 N–H and O–H groups in total. The number of hydrogen-bond acceptors (Lipinski definition) is 5. The van der Waals surface area contributed by atoms with Crippen LogP contribution >= 0.6 is 11.3 Å². The molecule has 0 saturated carbocycles. The molecule has 1 aromatic carbocycles. The van der Waals surface area contributed by atoms with Crippen LogP contribution in [0, 0.1) is 0 Å². The number of pyridine rings is 1. The van der Waals surface area contributed by atoms with E-state index in [-0.39, 0.29) is 0 Å². The van der Waals surface area contributed by atoms with Crippen molar-refractivity contribution in [1.82, 2.24) is 15.0 Å². The van der Waals surface area contributed by atoms with Crippen LogP contribution in [0.2, 0.25) is 0 Å². The van der Waals surface area contributed by atoms with Crippen molar-refractivity contribution in [3.05, 3.63) is 82.3 Å². The number of benzene rings is 1. The molecule has 0 saturated heterocycles. The van der Waals surface area contributed by atoms with Gasteiger partial charge in [0.2, 0.25) is 0 Å². The molecule has 3 aromatic heterocycles. The summed E-state index contributed by atoms with van der Waals surface area (Å²) in [5.41, 5.74) is 3.86. The Morgan fingerprint density at radius 3 is 2.64 bits per heavy atom. The first kappa shape index (κ1) is 17.3. The third-order valence-electron chi connectivity index (χ3n) is 5.25. The van der Waals surface area contributed by atoms with E-state index in [1.54, 1.807) is 6.20 Å². The zero-order valence-electron chi connectivity index (χ0n) is 15.7. The summed E-state index contributed by atoms with van der Waals surface area (Å²) in [6.45, 7) is 0.718. The largest absolute Gasteiger partial charge is 0.365 e. The fourth-order valence-electron chi connectivity index (χ4n) is 3.88. The smallest absolute Gasteiger partial charge is 0.139 e. The minimum atomic E-state index is 0.718. The van der Waals surface area contributed by atoms with Crippen LogP contribution < -0.4 is 5.32 Å². The van der Waals surface area contributed by atoms with Crippen molar-refractivity contribution < 1.29 is 0 Å². The lowest BCUT2D eigenvalue weighted by molar-refractivity contribution is 0.700. The molecule has 3 heterocycles. The second-order valence-corrected chi connectivity index (χ2v) is 8.34. The van der Waals surface area contributed by atoms with E-state index >= 15 is 0 Å². The van der Waals surface area contributed by atoms with Crippen LogP contribution in [0.4, 0.5) is 5.82 Å². The van der Waals surface area contributed by atoms with Gasteiger partial charge in [-0.2, -0.15) is 0 Å². The Labute approximate surface area is 168 Å². The molecular formula is C23H22N4S. The summed E-state index contributed by atoms with van der Waals surface area (Å²) in [6.07, 6.45) is 9.31. The van der Waals surface area contributed by atoms with Gasteiger partial charge in [0, 0.05) is 30.2 Å². The van der Waals surface area contributed by atoms with Crippen molar-refractivity contribution in [1.29, 1.82) is 0 Å². The van der Waals surface area contributed by atoms with E-state index in [0.717, 1.165) is 41.4 Å². The number of aromatic nitrogens is 3. The quantitative estimate of drug-likeness (QED) is 0.514. The van der Waals surface area contributed by atoms with E-state index in [0.29, 0.717) is 0 Å². The van der Waals surface area contributed by atoms with Crippen LogP contribution in [0.25, 0.3) is 10.2 Å². The summed E-state index contributed by atoms with van der Waals surface area (Å²) in [6, 6.07) is 14.5. The predicted octanol–water partition coefficient (Wildman–Crippen LogP) is 5.17. The lowest BCUT2D eigenvalue weighted by Crippen LogP contribution is -2.07. The first-order chi connectivity index (χ1) is 13.9. The van der Waals surface area contributed by atoms with Crippen LogP contribution in [0.1, 0.15) is 40.2 Å². The average molecular weight is 387 g/mol. The third-order valence-corrected chi connectivity index (χ3v) is 6.43. The molecule has 4 nitrogen and oxygen atoms in total. The van der Waals surface area contributed by atoms with Gasteiger partial charge in [-0.25, -0.2) is 9.97 Å². The first-order valence-electron chi connectivity index (χ1n) is 9.85. The van der Waals surface area contributed by atoms with Gasteiger partial charge in [-0.15, -0.1) is 11.3 Å². The highest BCUT2D eigenvalue weighted by atomic mass is 32.1. The minimum Gasteiger partial charge on any atom is -0.365 e. The highest BCUT2D eigenvalue weighted by Crippen LogP contribution is 2.38. The number of fused-ring (bicyclic) bond motifs is 3. The van der Waals surface area contributed by atoms with Crippen molar-refractivity contribution >= 4 is 27.4 Å². The zero-order valence-corrected chi connectivity index (χ0v) is 16.5. The van der Waals surface area contributed by atoms with Crippen LogP contribution in [-0.2, 0) is 25.8 Å². The van der Waals surface area contributed by atoms with Crippen LogP contribution in [-0.4, -0.2) is 15.0 Å². The van der Waals surface area contributed by atoms with Gasteiger partial charge < -0.3 is 5.32 Å². The number of rotatable bonds is 5. The Morgan fingerprint density at radius 1 is 0.929 bits per heavy atom. The van der Waals surface area contributed by atoms with E-state index < -0.39 is 0 Å². The molecule has 0 radical (unpaired) electrons. The summed E-state index contributed by atoms with van der Waals surface area (Å²) < 4.78 is 0. The second-order valence-electron chi connectivity index (χ2n) is 7.26. The molecule has 0 spiro atoms. The molecule has 5 rings (SSSR count). The predicted molar refractivity (Wildman–Crippen MR) is 115 cm³/mol. The normalized spacial score (nSPS) is 13.4. The van der Waals surface area contributed by atoms with Crippen molar-refractivity contribution in [3.63, 3.8) is 0 Å². The number of hydrogen-bond donors (Lipinski definition) is 1. The van der Waals surface area contributed by atoms with Crippen LogP contribution in [0.15, 0.2) is 54.9 Å². The molecule has 1 aliphatic rings. The molecule has 0 unspecified atom stereocenters. The number of aryl methyl sites for hydroxylation is 2. The molecule has 0 aliphatic heterocycles. The average Bonchev–Trinajstić information content (AvgIpc) is 3.12. The Hall–Kier alpha value is -2.79. The van der Waals surface area contributed by atoms with Crippen molar-refractivity contribution in [3.8, 4) is 0 Å². The molecule has 4 aromatic rings. The summed E-state index contributed by atoms with van der Waals surface area (Å²) in [5, 5.41) is 4.82. The lowest BCUT2D eigenvalue weighted by Gasteiger charge is -2.13. The van der Waals surface area contributed by atoms with Gasteiger partial charge >= 0.3 is 0 Å². The lowest BCUT2D eigenvalue weighted by atomic mass is 9.97. The fraction of sp³-hybridized carbons (Fsp3) is 0.261. The second kappa shape index (κ2) is 7.68. The Kier molecular flexibility index (Phi) is 4.75. The van der Waals surface area contributed by atoms with Gasteiger partial charge in [-0.1, -0.05) is 36.4 Å². The molecule has 1 aliphatic carbocycles. The summed E-state index contributed by atoms with van der Waals surface area (Å²) in [5.74, 6) is 1.85. The molecule has 28 heavy (non-hydrogen) atoms. The van der Waals surface area contributed by atoms with Gasteiger partial charge in [-0.3, -0.25) is 4.98 Å².